The maximum Gasteiger partial charge on any atom is 0.113 e. The fraction of sp³-hybridized carbons (Fsp3) is 0.300. The van der Waals surface area contributed by atoms with E-state index in [2.05, 4.69) is 11.8 Å². The summed E-state index contributed by atoms with van der Waals surface area (Å²) in [7, 11) is 0. The van der Waals surface area contributed by atoms with Crippen molar-refractivity contribution in [1.29, 1.82) is 0 Å². The van der Waals surface area contributed by atoms with Gasteiger partial charge in [-0.15, -0.1) is 0 Å². The van der Waals surface area contributed by atoms with Crippen molar-refractivity contribution in [2.75, 3.05) is 6.61 Å². The third-order valence-corrected chi connectivity index (χ3v) is 4.23. The van der Waals surface area contributed by atoms with Crippen molar-refractivity contribution < 1.29 is 25.2 Å². The molecule has 1 aliphatic rings. The van der Waals surface area contributed by atoms with Crippen LogP contribution in [0.15, 0.2) is 54.6 Å². The van der Waals surface area contributed by atoms with Crippen molar-refractivity contribution in [3.63, 3.8) is 0 Å². The summed E-state index contributed by atoms with van der Waals surface area (Å²) >= 11 is 0. The second-order valence-corrected chi connectivity index (χ2v) is 5.99. The summed E-state index contributed by atoms with van der Waals surface area (Å²) in [4.78, 5) is 0. The van der Waals surface area contributed by atoms with Gasteiger partial charge in [0.1, 0.15) is 30.5 Å². The van der Waals surface area contributed by atoms with Gasteiger partial charge >= 0.3 is 0 Å². The van der Waals surface area contributed by atoms with Gasteiger partial charge in [0.25, 0.3) is 0 Å². The molecule has 0 spiro atoms. The SMILES string of the molecule is OCC1OC(c2cccc(C#Cc3ccccc3)c2)C(O)C(O)C1O. The molecule has 5 unspecified atom stereocenters. The first-order chi connectivity index (χ1) is 12.1. The maximum atomic E-state index is 10.2. The van der Waals surface area contributed by atoms with Crippen LogP contribution >= 0.6 is 0 Å². The molecule has 0 radical (unpaired) electrons. The lowest BCUT2D eigenvalue weighted by Gasteiger charge is -2.40. The van der Waals surface area contributed by atoms with Crippen molar-refractivity contribution in [2.24, 2.45) is 0 Å². The lowest BCUT2D eigenvalue weighted by atomic mass is 9.91. The van der Waals surface area contributed by atoms with E-state index in [1.165, 1.54) is 0 Å². The predicted molar refractivity (Wildman–Crippen MR) is 91.6 cm³/mol. The van der Waals surface area contributed by atoms with Crippen molar-refractivity contribution in [1.82, 2.24) is 0 Å². The zero-order valence-electron chi connectivity index (χ0n) is 13.5. The van der Waals surface area contributed by atoms with Crippen LogP contribution < -0.4 is 0 Å². The molecule has 0 aromatic heterocycles. The second kappa shape index (κ2) is 7.79. The summed E-state index contributed by atoms with van der Waals surface area (Å²) in [5.74, 6) is 6.11. The van der Waals surface area contributed by atoms with E-state index in [1.54, 1.807) is 18.2 Å². The monoisotopic (exact) mass is 340 g/mol. The highest BCUT2D eigenvalue weighted by atomic mass is 16.5. The Hall–Kier alpha value is -2.20. The third kappa shape index (κ3) is 3.90. The molecule has 5 heteroatoms. The Kier molecular flexibility index (Phi) is 5.49. The first-order valence-corrected chi connectivity index (χ1v) is 8.07. The number of hydrogen-bond donors (Lipinski definition) is 4. The first-order valence-electron chi connectivity index (χ1n) is 8.07. The molecule has 1 aliphatic heterocycles. The minimum absolute atomic E-state index is 0.449. The average molecular weight is 340 g/mol. The molecule has 2 aromatic rings. The van der Waals surface area contributed by atoms with Gasteiger partial charge in [0.2, 0.25) is 0 Å². The fourth-order valence-electron chi connectivity index (χ4n) is 2.84. The molecule has 0 saturated carbocycles. The summed E-state index contributed by atoms with van der Waals surface area (Å²) < 4.78 is 5.58. The highest BCUT2D eigenvalue weighted by Gasteiger charge is 2.43. The van der Waals surface area contributed by atoms with Crippen LogP contribution in [0.3, 0.4) is 0 Å². The number of benzene rings is 2. The Morgan fingerprint density at radius 2 is 1.48 bits per heavy atom. The second-order valence-electron chi connectivity index (χ2n) is 5.99. The van der Waals surface area contributed by atoms with Gasteiger partial charge < -0.3 is 25.2 Å². The Morgan fingerprint density at radius 3 is 2.20 bits per heavy atom. The van der Waals surface area contributed by atoms with E-state index in [4.69, 9.17) is 4.74 Å². The predicted octanol–water partition coefficient (Wildman–Crippen LogP) is 0.601. The van der Waals surface area contributed by atoms with E-state index >= 15 is 0 Å². The lowest BCUT2D eigenvalue weighted by molar-refractivity contribution is -0.231. The molecule has 5 nitrogen and oxygen atoms in total. The molecule has 0 amide bonds. The average Bonchev–Trinajstić information content (AvgIpc) is 2.66. The topological polar surface area (TPSA) is 90.2 Å². The van der Waals surface area contributed by atoms with E-state index in [1.807, 2.05) is 36.4 Å². The Bertz CT molecular complexity index is 762. The van der Waals surface area contributed by atoms with Crippen LogP contribution in [0.1, 0.15) is 22.8 Å². The van der Waals surface area contributed by atoms with Crippen molar-refractivity contribution in [2.45, 2.75) is 30.5 Å². The molecular weight excluding hydrogens is 320 g/mol. The molecule has 2 aromatic carbocycles. The van der Waals surface area contributed by atoms with E-state index < -0.39 is 37.1 Å². The van der Waals surface area contributed by atoms with Gasteiger partial charge in [0.15, 0.2) is 0 Å². The summed E-state index contributed by atoms with van der Waals surface area (Å²) in [6, 6.07) is 16.7. The van der Waals surface area contributed by atoms with E-state index in [0.29, 0.717) is 5.56 Å². The van der Waals surface area contributed by atoms with Crippen molar-refractivity contribution in [3.8, 4) is 11.8 Å². The number of aliphatic hydroxyl groups excluding tert-OH is 4. The first kappa shape index (κ1) is 17.6. The molecule has 0 aliphatic carbocycles. The van der Waals surface area contributed by atoms with Crippen LogP contribution in [0.2, 0.25) is 0 Å². The summed E-state index contributed by atoms with van der Waals surface area (Å²) in [5.41, 5.74) is 2.25. The number of hydrogen-bond acceptors (Lipinski definition) is 5. The van der Waals surface area contributed by atoms with Gasteiger partial charge in [-0.3, -0.25) is 0 Å². The molecule has 5 atom stereocenters. The smallest absolute Gasteiger partial charge is 0.113 e. The van der Waals surface area contributed by atoms with Gasteiger partial charge in [0.05, 0.1) is 6.61 Å². The number of rotatable bonds is 2. The van der Waals surface area contributed by atoms with E-state index in [-0.39, 0.29) is 0 Å². The minimum Gasteiger partial charge on any atom is -0.394 e. The highest BCUT2D eigenvalue weighted by molar-refractivity contribution is 5.44. The molecule has 0 bridgehead atoms. The van der Waals surface area contributed by atoms with E-state index in [0.717, 1.165) is 11.1 Å². The maximum absolute atomic E-state index is 10.2. The fourth-order valence-corrected chi connectivity index (χ4v) is 2.84. The van der Waals surface area contributed by atoms with Crippen LogP contribution in [0, 0.1) is 11.8 Å². The van der Waals surface area contributed by atoms with Crippen LogP contribution in [0.4, 0.5) is 0 Å². The van der Waals surface area contributed by atoms with E-state index in [9.17, 15) is 20.4 Å². The molecular formula is C20H20O5. The van der Waals surface area contributed by atoms with Gasteiger partial charge in [-0.25, -0.2) is 0 Å². The molecule has 4 N–H and O–H groups in total. The van der Waals surface area contributed by atoms with Gasteiger partial charge in [0, 0.05) is 11.1 Å². The largest absolute Gasteiger partial charge is 0.394 e. The quantitative estimate of drug-likeness (QED) is 0.601. The Labute approximate surface area is 146 Å². The third-order valence-electron chi connectivity index (χ3n) is 4.23. The van der Waals surface area contributed by atoms with Gasteiger partial charge in [-0.05, 0) is 29.8 Å². The highest BCUT2D eigenvalue weighted by Crippen LogP contribution is 2.32. The minimum atomic E-state index is -1.39. The van der Waals surface area contributed by atoms with Crippen molar-refractivity contribution >= 4 is 0 Å². The number of ether oxygens (including phenoxy) is 1. The van der Waals surface area contributed by atoms with Gasteiger partial charge in [-0.2, -0.15) is 0 Å². The normalized spacial score (nSPS) is 28.9. The van der Waals surface area contributed by atoms with Crippen LogP contribution in [-0.4, -0.2) is 51.4 Å². The number of aliphatic hydroxyl groups is 4. The van der Waals surface area contributed by atoms with Crippen LogP contribution in [-0.2, 0) is 4.74 Å². The molecule has 25 heavy (non-hydrogen) atoms. The Balaban J connectivity index is 1.85. The van der Waals surface area contributed by atoms with Gasteiger partial charge in [-0.1, -0.05) is 42.2 Å². The standard InChI is InChI=1S/C20H20O5/c21-12-16-17(22)18(23)19(24)20(25-16)15-8-4-7-14(11-15)10-9-13-5-2-1-3-6-13/h1-8,11,16-24H,12H2. The molecule has 130 valence electrons. The summed E-state index contributed by atoms with van der Waals surface area (Å²) in [6.45, 7) is -0.449. The van der Waals surface area contributed by atoms with Crippen LogP contribution in [0.25, 0.3) is 0 Å². The molecule has 1 fully saturated rings. The Morgan fingerprint density at radius 1 is 0.800 bits per heavy atom. The zero-order valence-corrected chi connectivity index (χ0v) is 13.5. The lowest BCUT2D eigenvalue weighted by Crippen LogP contribution is -2.55. The van der Waals surface area contributed by atoms with Crippen LogP contribution in [0.5, 0.6) is 0 Å². The zero-order chi connectivity index (χ0) is 17.8. The molecule has 1 heterocycles. The van der Waals surface area contributed by atoms with Crippen molar-refractivity contribution in [3.05, 3.63) is 71.3 Å². The summed E-state index contributed by atoms with van der Waals surface area (Å²) in [5, 5.41) is 39.3. The summed E-state index contributed by atoms with van der Waals surface area (Å²) in [6.07, 6.45) is -5.83. The molecule has 1 saturated heterocycles. The molecule has 3 rings (SSSR count).